The number of nitrogens with zero attached hydrogens (tertiary/aromatic N) is 4. The molecule has 1 aromatic carbocycles. The number of rotatable bonds is 2. The maximum absolute atomic E-state index is 5.15. The lowest BCUT2D eigenvalue weighted by Gasteiger charge is -2.06. The van der Waals surface area contributed by atoms with Crippen LogP contribution in [0.25, 0.3) is 17.1 Å². The zero-order valence-electron chi connectivity index (χ0n) is 11.6. The van der Waals surface area contributed by atoms with Crippen molar-refractivity contribution < 1.29 is 0 Å². The Balaban J connectivity index is 2.14. The highest BCUT2D eigenvalue weighted by molar-refractivity contribution is 7.71. The molecule has 6 heteroatoms. The minimum absolute atomic E-state index is 0.600. The van der Waals surface area contributed by atoms with Gasteiger partial charge in [0, 0.05) is 7.05 Å². The molecule has 0 saturated heterocycles. The Hall–Kier alpha value is -2.21. The first-order valence-electron chi connectivity index (χ1n) is 6.31. The second-order valence-corrected chi connectivity index (χ2v) is 5.19. The molecule has 0 amide bonds. The first-order valence-corrected chi connectivity index (χ1v) is 6.72. The summed E-state index contributed by atoms with van der Waals surface area (Å²) in [6, 6.07) is 8.24. The number of H-pyrrole nitrogens is 1. The number of nitrogens with one attached hydrogen (secondary N) is 1. The second kappa shape index (κ2) is 4.72. The van der Waals surface area contributed by atoms with E-state index < -0.39 is 0 Å². The van der Waals surface area contributed by atoms with Gasteiger partial charge < -0.3 is 4.57 Å². The van der Waals surface area contributed by atoms with Gasteiger partial charge in [0.25, 0.3) is 0 Å². The fourth-order valence-electron chi connectivity index (χ4n) is 2.24. The van der Waals surface area contributed by atoms with Gasteiger partial charge in [0.15, 0.2) is 10.6 Å². The molecule has 0 aliphatic rings. The summed E-state index contributed by atoms with van der Waals surface area (Å²) in [6.45, 7) is 4.10. The van der Waals surface area contributed by atoms with Crippen molar-refractivity contribution in [3.63, 3.8) is 0 Å². The molecule has 20 heavy (non-hydrogen) atoms. The highest BCUT2D eigenvalue weighted by Crippen LogP contribution is 2.23. The van der Waals surface area contributed by atoms with Gasteiger partial charge in [0.2, 0.25) is 0 Å². The number of benzene rings is 1. The van der Waals surface area contributed by atoms with Crippen LogP contribution in [0.3, 0.4) is 0 Å². The molecule has 0 radical (unpaired) electrons. The van der Waals surface area contributed by atoms with E-state index in [1.807, 2.05) is 41.5 Å². The van der Waals surface area contributed by atoms with Gasteiger partial charge in [-0.25, -0.2) is 4.68 Å². The lowest BCUT2D eigenvalue weighted by molar-refractivity contribution is 0.845. The maximum Gasteiger partial charge on any atom is 0.195 e. The van der Waals surface area contributed by atoms with Crippen molar-refractivity contribution in [2.45, 2.75) is 13.8 Å². The van der Waals surface area contributed by atoms with E-state index >= 15 is 0 Å². The Kier molecular flexibility index (Phi) is 3.02. The fraction of sp³-hybridized carbons (Fsp3) is 0.214. The summed E-state index contributed by atoms with van der Waals surface area (Å²) in [6.07, 6.45) is 1.82. The first kappa shape index (κ1) is 12.8. The van der Waals surface area contributed by atoms with E-state index in [9.17, 15) is 0 Å². The number of aromatic nitrogens is 5. The predicted molar refractivity (Wildman–Crippen MR) is 80.4 cm³/mol. The molecule has 0 aliphatic carbocycles. The largest absolute Gasteiger partial charge is 0.303 e. The third-order valence-corrected chi connectivity index (χ3v) is 3.74. The second-order valence-electron chi connectivity index (χ2n) is 4.81. The van der Waals surface area contributed by atoms with Crippen LogP contribution in [-0.2, 0) is 7.05 Å². The monoisotopic (exact) mass is 285 g/mol. The Labute approximate surface area is 121 Å². The van der Waals surface area contributed by atoms with E-state index in [4.69, 9.17) is 12.2 Å². The van der Waals surface area contributed by atoms with Gasteiger partial charge in [-0.15, -0.1) is 0 Å². The van der Waals surface area contributed by atoms with Crippen LogP contribution in [0.1, 0.15) is 11.3 Å². The topological polar surface area (TPSA) is 51.4 Å². The summed E-state index contributed by atoms with van der Waals surface area (Å²) < 4.78 is 4.36. The highest BCUT2D eigenvalue weighted by atomic mass is 32.1. The predicted octanol–water partition coefficient (Wildman–Crippen LogP) is 2.95. The van der Waals surface area contributed by atoms with Crippen molar-refractivity contribution >= 4 is 12.2 Å². The number of hydrogen-bond acceptors (Lipinski definition) is 3. The van der Waals surface area contributed by atoms with Crippen LogP contribution < -0.4 is 0 Å². The zero-order chi connectivity index (χ0) is 14.3. The Morgan fingerprint density at radius 3 is 2.70 bits per heavy atom. The van der Waals surface area contributed by atoms with Gasteiger partial charge in [-0.3, -0.25) is 5.10 Å². The molecule has 3 aromatic rings. The van der Waals surface area contributed by atoms with Gasteiger partial charge >= 0.3 is 0 Å². The number of aromatic amines is 1. The Morgan fingerprint density at radius 2 is 2.05 bits per heavy atom. The van der Waals surface area contributed by atoms with Crippen LogP contribution in [0.5, 0.6) is 0 Å². The molecule has 3 rings (SSSR count). The van der Waals surface area contributed by atoms with E-state index in [0.29, 0.717) is 4.77 Å². The van der Waals surface area contributed by atoms with Crippen LogP contribution in [0.4, 0.5) is 0 Å². The van der Waals surface area contributed by atoms with Crippen molar-refractivity contribution in [1.29, 1.82) is 0 Å². The van der Waals surface area contributed by atoms with E-state index in [1.54, 1.807) is 0 Å². The molecule has 2 heterocycles. The average Bonchev–Trinajstić information content (AvgIpc) is 2.95. The van der Waals surface area contributed by atoms with Gasteiger partial charge in [0.05, 0.1) is 23.1 Å². The summed E-state index contributed by atoms with van der Waals surface area (Å²) in [5, 5.41) is 11.5. The summed E-state index contributed by atoms with van der Waals surface area (Å²) >= 11 is 5.15. The lowest BCUT2D eigenvalue weighted by Crippen LogP contribution is -2.00. The van der Waals surface area contributed by atoms with Crippen LogP contribution >= 0.6 is 12.2 Å². The molecular formula is C14H15N5S. The van der Waals surface area contributed by atoms with Crippen molar-refractivity contribution in [2.75, 3.05) is 0 Å². The van der Waals surface area contributed by atoms with E-state index in [2.05, 4.69) is 34.4 Å². The normalized spacial score (nSPS) is 10.9. The van der Waals surface area contributed by atoms with Crippen LogP contribution in [-0.4, -0.2) is 24.5 Å². The van der Waals surface area contributed by atoms with Crippen molar-refractivity contribution in [2.24, 2.45) is 7.05 Å². The number of hydrogen-bond donors (Lipinski definition) is 1. The standard InChI is InChI=1S/C14H15N5S/c1-9-5-4-6-11(7-9)19-10(2)12(8-15-19)13-16-17-14(20)18(13)3/h4-8H,1-3H3,(H,17,20). The van der Waals surface area contributed by atoms with Gasteiger partial charge in [-0.2, -0.15) is 10.2 Å². The highest BCUT2D eigenvalue weighted by Gasteiger charge is 2.14. The van der Waals surface area contributed by atoms with Crippen molar-refractivity contribution in [3.8, 4) is 17.1 Å². The summed E-state index contributed by atoms with van der Waals surface area (Å²) in [7, 11) is 1.89. The smallest absolute Gasteiger partial charge is 0.195 e. The quantitative estimate of drug-likeness (QED) is 0.737. The summed E-state index contributed by atoms with van der Waals surface area (Å²) in [5.74, 6) is 0.798. The molecule has 5 nitrogen and oxygen atoms in total. The molecular weight excluding hydrogens is 270 g/mol. The van der Waals surface area contributed by atoms with E-state index in [1.165, 1.54) is 5.56 Å². The molecule has 2 aromatic heterocycles. The summed E-state index contributed by atoms with van der Waals surface area (Å²) in [5.41, 5.74) is 4.26. The van der Waals surface area contributed by atoms with Gasteiger partial charge in [0.1, 0.15) is 0 Å². The molecule has 0 atom stereocenters. The van der Waals surface area contributed by atoms with Crippen LogP contribution in [0.15, 0.2) is 30.5 Å². The molecule has 0 unspecified atom stereocenters. The molecule has 0 bridgehead atoms. The van der Waals surface area contributed by atoms with E-state index in [-0.39, 0.29) is 0 Å². The molecule has 1 N–H and O–H groups in total. The van der Waals surface area contributed by atoms with Gasteiger partial charge in [-0.1, -0.05) is 12.1 Å². The molecule has 0 fully saturated rings. The number of aryl methyl sites for hydroxylation is 1. The SMILES string of the molecule is Cc1cccc(-n2ncc(-c3n[nH]c(=S)n3C)c2C)c1. The minimum atomic E-state index is 0.600. The maximum atomic E-state index is 5.15. The van der Waals surface area contributed by atoms with Crippen molar-refractivity contribution in [3.05, 3.63) is 46.5 Å². The molecule has 0 saturated carbocycles. The zero-order valence-corrected chi connectivity index (χ0v) is 12.4. The van der Waals surface area contributed by atoms with Crippen LogP contribution in [0.2, 0.25) is 0 Å². The third-order valence-electron chi connectivity index (χ3n) is 3.38. The lowest BCUT2D eigenvalue weighted by atomic mass is 10.2. The minimum Gasteiger partial charge on any atom is -0.303 e. The first-order chi connectivity index (χ1) is 9.58. The summed E-state index contributed by atoms with van der Waals surface area (Å²) in [4.78, 5) is 0. The van der Waals surface area contributed by atoms with Crippen molar-refractivity contribution in [1.82, 2.24) is 24.5 Å². The van der Waals surface area contributed by atoms with Crippen LogP contribution in [0, 0.1) is 18.6 Å². The fourth-order valence-corrected chi connectivity index (χ4v) is 2.37. The van der Waals surface area contributed by atoms with Gasteiger partial charge in [-0.05, 0) is 43.8 Å². The average molecular weight is 285 g/mol. The van der Waals surface area contributed by atoms with E-state index in [0.717, 1.165) is 22.8 Å². The molecule has 0 aliphatic heterocycles. The Bertz CT molecular complexity index is 824. The molecule has 102 valence electrons. The third kappa shape index (κ3) is 1.98. The molecule has 0 spiro atoms. The Morgan fingerprint density at radius 1 is 1.25 bits per heavy atom.